The lowest BCUT2D eigenvalue weighted by atomic mass is 9.96. The summed E-state index contributed by atoms with van der Waals surface area (Å²) < 4.78 is 0. The van der Waals surface area contributed by atoms with Crippen molar-refractivity contribution in [2.24, 2.45) is 0 Å². The first-order chi connectivity index (χ1) is 11.9. The van der Waals surface area contributed by atoms with Gasteiger partial charge in [0.1, 0.15) is 5.82 Å². The van der Waals surface area contributed by atoms with Crippen molar-refractivity contribution >= 4 is 46.0 Å². The van der Waals surface area contributed by atoms with E-state index in [1.807, 2.05) is 4.90 Å². The van der Waals surface area contributed by atoms with Gasteiger partial charge in [0.05, 0.1) is 21.1 Å². The average molecular weight is 383 g/mol. The number of fused-ring (bicyclic) bond motifs is 1. The van der Waals surface area contributed by atoms with E-state index >= 15 is 0 Å². The molecule has 1 aromatic carbocycles. The van der Waals surface area contributed by atoms with Gasteiger partial charge in [0.15, 0.2) is 0 Å². The van der Waals surface area contributed by atoms with Crippen LogP contribution in [0.5, 0.6) is 0 Å². The van der Waals surface area contributed by atoms with Crippen LogP contribution < -0.4 is 5.32 Å². The lowest BCUT2D eigenvalue weighted by molar-refractivity contribution is -0.132. The predicted molar refractivity (Wildman–Crippen MR) is 98.0 cm³/mol. The molecule has 0 radical (unpaired) electrons. The van der Waals surface area contributed by atoms with E-state index in [0.29, 0.717) is 36.1 Å². The van der Waals surface area contributed by atoms with Crippen LogP contribution in [0.2, 0.25) is 10.0 Å². The van der Waals surface area contributed by atoms with E-state index < -0.39 is 0 Å². The molecule has 2 aromatic rings. The highest BCUT2D eigenvalue weighted by atomic mass is 35.5. The second-order valence-corrected chi connectivity index (χ2v) is 7.11. The molecule has 0 spiro atoms. The van der Waals surface area contributed by atoms with E-state index in [4.69, 9.17) is 23.2 Å². The number of nitrogens with one attached hydrogen (secondary N) is 2. The molecule has 2 amide bonds. The standard InChI is InChI=1S/C17H20Cl2N4O2/c1-10(24)20-5-2-16(25)23-6-3-11(4-7-23)17-21-14-8-12(18)13(19)9-15(14)22-17/h8-9,11H,2-7H2,1H3,(H,20,24)(H,21,22). The largest absolute Gasteiger partial charge is 0.356 e. The molecule has 0 unspecified atom stereocenters. The third-order valence-electron chi connectivity index (χ3n) is 4.49. The number of hydrogen-bond donors (Lipinski definition) is 2. The molecule has 0 bridgehead atoms. The van der Waals surface area contributed by atoms with Gasteiger partial charge in [0.2, 0.25) is 11.8 Å². The fraction of sp³-hybridized carbons (Fsp3) is 0.471. The molecule has 1 fully saturated rings. The molecular weight excluding hydrogens is 363 g/mol. The second kappa shape index (κ2) is 7.62. The van der Waals surface area contributed by atoms with Gasteiger partial charge < -0.3 is 15.2 Å². The van der Waals surface area contributed by atoms with Crippen molar-refractivity contribution in [3.8, 4) is 0 Å². The molecule has 2 N–H and O–H groups in total. The Labute approximate surface area is 155 Å². The molecule has 134 valence electrons. The lowest BCUT2D eigenvalue weighted by Gasteiger charge is -2.31. The summed E-state index contributed by atoms with van der Waals surface area (Å²) in [5.74, 6) is 1.16. The van der Waals surface area contributed by atoms with Gasteiger partial charge in [0, 0.05) is 38.9 Å². The molecule has 1 aliphatic rings. The summed E-state index contributed by atoms with van der Waals surface area (Å²) in [4.78, 5) is 32.8. The molecule has 25 heavy (non-hydrogen) atoms. The average Bonchev–Trinajstić information content (AvgIpc) is 2.97. The number of hydrogen-bond acceptors (Lipinski definition) is 3. The van der Waals surface area contributed by atoms with Crippen LogP contribution in [0.3, 0.4) is 0 Å². The SMILES string of the molecule is CC(=O)NCCC(=O)N1CCC(c2nc3cc(Cl)c(Cl)cc3[nH]2)CC1. The molecule has 1 saturated heterocycles. The second-order valence-electron chi connectivity index (χ2n) is 6.29. The van der Waals surface area contributed by atoms with Gasteiger partial charge >= 0.3 is 0 Å². The van der Waals surface area contributed by atoms with E-state index in [1.54, 1.807) is 12.1 Å². The first kappa shape index (κ1) is 18.0. The third kappa shape index (κ3) is 4.25. The summed E-state index contributed by atoms with van der Waals surface area (Å²) in [6.07, 6.45) is 2.05. The monoisotopic (exact) mass is 382 g/mol. The summed E-state index contributed by atoms with van der Waals surface area (Å²) in [6.45, 7) is 3.23. The zero-order valence-electron chi connectivity index (χ0n) is 13.9. The molecule has 1 aliphatic heterocycles. The van der Waals surface area contributed by atoms with Crippen molar-refractivity contribution in [3.63, 3.8) is 0 Å². The Kier molecular flexibility index (Phi) is 5.49. The molecular formula is C17H20Cl2N4O2. The molecule has 0 saturated carbocycles. The quantitative estimate of drug-likeness (QED) is 0.852. The fourth-order valence-corrected chi connectivity index (χ4v) is 3.45. The highest BCUT2D eigenvalue weighted by molar-refractivity contribution is 6.42. The van der Waals surface area contributed by atoms with E-state index in [-0.39, 0.29) is 17.7 Å². The number of benzene rings is 1. The lowest BCUT2D eigenvalue weighted by Crippen LogP contribution is -2.39. The van der Waals surface area contributed by atoms with Gasteiger partial charge in [-0.1, -0.05) is 23.2 Å². The van der Waals surface area contributed by atoms with Crippen LogP contribution in [-0.2, 0) is 9.59 Å². The molecule has 6 nitrogen and oxygen atoms in total. The number of aromatic nitrogens is 2. The first-order valence-corrected chi connectivity index (χ1v) is 9.06. The van der Waals surface area contributed by atoms with Crippen molar-refractivity contribution < 1.29 is 9.59 Å². The normalized spacial score (nSPS) is 15.6. The van der Waals surface area contributed by atoms with Crippen LogP contribution in [-0.4, -0.2) is 46.3 Å². The van der Waals surface area contributed by atoms with Gasteiger partial charge in [-0.05, 0) is 25.0 Å². The molecule has 8 heteroatoms. The number of carbonyl (C=O) groups is 2. The minimum absolute atomic E-state index is 0.0790. The topological polar surface area (TPSA) is 78.1 Å². The predicted octanol–water partition coefficient (Wildman–Crippen LogP) is 3.10. The number of H-pyrrole nitrogens is 1. The third-order valence-corrected chi connectivity index (χ3v) is 5.21. The Balaban J connectivity index is 1.58. The molecule has 0 atom stereocenters. The van der Waals surface area contributed by atoms with E-state index in [9.17, 15) is 9.59 Å². The Morgan fingerprint density at radius 1 is 1.28 bits per heavy atom. The van der Waals surface area contributed by atoms with E-state index in [2.05, 4.69) is 15.3 Å². The van der Waals surface area contributed by atoms with Crippen molar-refractivity contribution in [2.75, 3.05) is 19.6 Å². The number of likely N-dealkylation sites (tertiary alicyclic amines) is 1. The van der Waals surface area contributed by atoms with E-state index in [1.165, 1.54) is 6.92 Å². The number of amides is 2. The van der Waals surface area contributed by atoms with Gasteiger partial charge in [-0.3, -0.25) is 9.59 Å². The number of nitrogens with zero attached hydrogens (tertiary/aromatic N) is 2. The van der Waals surface area contributed by atoms with Gasteiger partial charge in [0.25, 0.3) is 0 Å². The highest BCUT2D eigenvalue weighted by Crippen LogP contribution is 2.31. The first-order valence-electron chi connectivity index (χ1n) is 8.31. The number of rotatable bonds is 4. The maximum absolute atomic E-state index is 12.2. The van der Waals surface area contributed by atoms with Crippen molar-refractivity contribution in [3.05, 3.63) is 28.0 Å². The van der Waals surface area contributed by atoms with Crippen LogP contribution in [0.1, 0.15) is 37.9 Å². The molecule has 1 aromatic heterocycles. The van der Waals surface area contributed by atoms with Crippen molar-refractivity contribution in [1.29, 1.82) is 0 Å². The van der Waals surface area contributed by atoms with Gasteiger partial charge in [-0.15, -0.1) is 0 Å². The Morgan fingerprint density at radius 2 is 1.96 bits per heavy atom. The molecule has 3 rings (SSSR count). The number of aromatic amines is 1. The fourth-order valence-electron chi connectivity index (χ4n) is 3.12. The van der Waals surface area contributed by atoms with Crippen LogP contribution in [0.15, 0.2) is 12.1 Å². The Bertz CT molecular complexity index is 758. The zero-order valence-corrected chi connectivity index (χ0v) is 15.5. The molecule has 2 heterocycles. The van der Waals surface area contributed by atoms with Crippen LogP contribution in [0, 0.1) is 0 Å². The number of piperidine rings is 1. The van der Waals surface area contributed by atoms with Gasteiger partial charge in [-0.2, -0.15) is 0 Å². The highest BCUT2D eigenvalue weighted by Gasteiger charge is 2.25. The number of carbonyl (C=O) groups excluding carboxylic acids is 2. The Hall–Kier alpha value is -1.79. The van der Waals surface area contributed by atoms with Crippen LogP contribution in [0.25, 0.3) is 11.0 Å². The summed E-state index contributed by atoms with van der Waals surface area (Å²) in [5.41, 5.74) is 1.68. The molecule has 0 aliphatic carbocycles. The smallest absolute Gasteiger partial charge is 0.224 e. The summed E-state index contributed by atoms with van der Waals surface area (Å²) in [7, 11) is 0. The van der Waals surface area contributed by atoms with Crippen molar-refractivity contribution in [2.45, 2.75) is 32.1 Å². The van der Waals surface area contributed by atoms with Crippen molar-refractivity contribution in [1.82, 2.24) is 20.2 Å². The zero-order chi connectivity index (χ0) is 18.0. The van der Waals surface area contributed by atoms with Gasteiger partial charge in [-0.25, -0.2) is 4.98 Å². The maximum Gasteiger partial charge on any atom is 0.224 e. The number of halogens is 2. The minimum atomic E-state index is -0.114. The minimum Gasteiger partial charge on any atom is -0.356 e. The van der Waals surface area contributed by atoms with Crippen LogP contribution >= 0.6 is 23.2 Å². The van der Waals surface area contributed by atoms with Crippen LogP contribution in [0.4, 0.5) is 0 Å². The number of imidazole rings is 1. The summed E-state index contributed by atoms with van der Waals surface area (Å²) in [5, 5.41) is 3.65. The van der Waals surface area contributed by atoms with E-state index in [0.717, 1.165) is 29.7 Å². The summed E-state index contributed by atoms with van der Waals surface area (Å²) in [6, 6.07) is 3.55. The summed E-state index contributed by atoms with van der Waals surface area (Å²) >= 11 is 12.1. The Morgan fingerprint density at radius 3 is 2.64 bits per heavy atom. The maximum atomic E-state index is 12.2.